The molecule has 0 aromatic carbocycles. The maximum Gasteiger partial charge on any atom is 0.307 e. The summed E-state index contributed by atoms with van der Waals surface area (Å²) in [6.45, 7) is 7.91. The first-order chi connectivity index (χ1) is 8.40. The maximum absolute atomic E-state index is 10.8. The Morgan fingerprint density at radius 1 is 1.50 bits per heavy atom. The molecule has 0 aliphatic heterocycles. The number of aliphatic carboxylic acids is 1. The standard InChI is InChI=1S/C12H22N4O2/c1-9(2)5-16-11(13-8-14-16)7-15(4)6-10(3)12(17)18/h8-10H,5-7H2,1-4H3,(H,17,18). The van der Waals surface area contributed by atoms with Crippen LogP contribution < -0.4 is 0 Å². The third kappa shape index (κ3) is 4.44. The van der Waals surface area contributed by atoms with Gasteiger partial charge in [-0.05, 0) is 13.0 Å². The molecular weight excluding hydrogens is 232 g/mol. The van der Waals surface area contributed by atoms with Crippen LogP contribution in [0.15, 0.2) is 6.33 Å². The lowest BCUT2D eigenvalue weighted by Crippen LogP contribution is -2.29. The van der Waals surface area contributed by atoms with Crippen molar-refractivity contribution in [3.05, 3.63) is 12.2 Å². The summed E-state index contributed by atoms with van der Waals surface area (Å²) in [4.78, 5) is 17.0. The van der Waals surface area contributed by atoms with Crippen molar-refractivity contribution < 1.29 is 9.90 Å². The van der Waals surface area contributed by atoms with Crippen LogP contribution in [0.2, 0.25) is 0 Å². The summed E-state index contributed by atoms with van der Waals surface area (Å²) < 4.78 is 1.88. The fourth-order valence-electron chi connectivity index (χ4n) is 1.76. The van der Waals surface area contributed by atoms with Gasteiger partial charge in [0.2, 0.25) is 0 Å². The van der Waals surface area contributed by atoms with Crippen LogP contribution in [0.4, 0.5) is 0 Å². The minimum Gasteiger partial charge on any atom is -0.481 e. The van der Waals surface area contributed by atoms with Crippen LogP contribution in [0.1, 0.15) is 26.6 Å². The number of carboxylic acid groups (broad SMARTS) is 1. The van der Waals surface area contributed by atoms with Gasteiger partial charge < -0.3 is 5.11 Å². The normalized spacial score (nSPS) is 13.2. The predicted molar refractivity (Wildman–Crippen MR) is 68.0 cm³/mol. The van der Waals surface area contributed by atoms with Crippen LogP contribution in [0.3, 0.4) is 0 Å². The maximum atomic E-state index is 10.8. The van der Waals surface area contributed by atoms with Gasteiger partial charge in [-0.3, -0.25) is 9.69 Å². The second-order valence-electron chi connectivity index (χ2n) is 5.19. The van der Waals surface area contributed by atoms with E-state index in [9.17, 15) is 4.79 Å². The molecule has 6 nitrogen and oxygen atoms in total. The van der Waals surface area contributed by atoms with Gasteiger partial charge in [0.05, 0.1) is 12.5 Å². The quantitative estimate of drug-likeness (QED) is 0.788. The Morgan fingerprint density at radius 2 is 2.17 bits per heavy atom. The molecular formula is C12H22N4O2. The molecule has 0 aliphatic rings. The predicted octanol–water partition coefficient (Wildman–Crippen LogP) is 1.09. The van der Waals surface area contributed by atoms with Crippen molar-refractivity contribution in [2.45, 2.75) is 33.9 Å². The minimum atomic E-state index is -0.773. The highest BCUT2D eigenvalue weighted by Gasteiger charge is 2.15. The van der Waals surface area contributed by atoms with Crippen LogP contribution >= 0.6 is 0 Å². The van der Waals surface area contributed by atoms with Gasteiger partial charge in [0.25, 0.3) is 0 Å². The van der Waals surface area contributed by atoms with E-state index in [4.69, 9.17) is 5.11 Å². The van der Waals surface area contributed by atoms with Crippen LogP contribution in [0.25, 0.3) is 0 Å². The molecule has 1 aromatic rings. The van der Waals surface area contributed by atoms with Gasteiger partial charge in [0.1, 0.15) is 12.2 Å². The second kappa shape index (κ2) is 6.49. The summed E-state index contributed by atoms with van der Waals surface area (Å²) in [5, 5.41) is 13.1. The molecule has 1 atom stereocenters. The monoisotopic (exact) mass is 254 g/mol. The molecule has 1 rings (SSSR count). The van der Waals surface area contributed by atoms with Crippen LogP contribution in [-0.2, 0) is 17.9 Å². The Bertz CT molecular complexity index is 389. The smallest absolute Gasteiger partial charge is 0.307 e. The van der Waals surface area contributed by atoms with E-state index in [1.54, 1.807) is 13.3 Å². The number of hydrogen-bond donors (Lipinski definition) is 1. The third-order valence-electron chi connectivity index (χ3n) is 2.65. The molecule has 1 unspecified atom stereocenters. The zero-order valence-electron chi connectivity index (χ0n) is 11.5. The molecule has 6 heteroatoms. The van der Waals surface area contributed by atoms with E-state index in [0.29, 0.717) is 19.0 Å². The van der Waals surface area contributed by atoms with Gasteiger partial charge in [-0.15, -0.1) is 0 Å². The van der Waals surface area contributed by atoms with Crippen LogP contribution in [-0.4, -0.2) is 44.3 Å². The lowest BCUT2D eigenvalue weighted by atomic mass is 10.2. The Labute approximate surface area is 108 Å². The van der Waals surface area contributed by atoms with Crippen molar-refractivity contribution in [2.75, 3.05) is 13.6 Å². The van der Waals surface area contributed by atoms with E-state index in [2.05, 4.69) is 23.9 Å². The Kier molecular flexibility index (Phi) is 5.27. The Morgan fingerprint density at radius 3 is 2.72 bits per heavy atom. The molecule has 1 aromatic heterocycles. The number of hydrogen-bond acceptors (Lipinski definition) is 4. The van der Waals surface area contributed by atoms with Gasteiger partial charge in [0.15, 0.2) is 0 Å². The largest absolute Gasteiger partial charge is 0.481 e. The first kappa shape index (κ1) is 14.6. The van der Waals surface area contributed by atoms with Gasteiger partial charge in [-0.25, -0.2) is 9.67 Å². The summed E-state index contributed by atoms with van der Waals surface area (Å²) >= 11 is 0. The minimum absolute atomic E-state index is 0.378. The zero-order valence-corrected chi connectivity index (χ0v) is 11.5. The van der Waals surface area contributed by atoms with Crippen molar-refractivity contribution >= 4 is 5.97 Å². The highest BCUT2D eigenvalue weighted by molar-refractivity contribution is 5.69. The topological polar surface area (TPSA) is 71.2 Å². The summed E-state index contributed by atoms with van der Waals surface area (Å²) in [5.74, 6) is 0.236. The van der Waals surface area contributed by atoms with E-state index in [0.717, 1.165) is 12.4 Å². The Hall–Kier alpha value is -1.43. The molecule has 1 N–H and O–H groups in total. The first-order valence-corrected chi connectivity index (χ1v) is 6.18. The third-order valence-corrected chi connectivity index (χ3v) is 2.65. The SMILES string of the molecule is CC(C)Cn1ncnc1CN(C)CC(C)C(=O)O. The Balaban J connectivity index is 2.56. The van der Waals surface area contributed by atoms with Gasteiger partial charge in [0, 0.05) is 13.1 Å². The van der Waals surface area contributed by atoms with E-state index >= 15 is 0 Å². The van der Waals surface area contributed by atoms with Gasteiger partial charge in [-0.2, -0.15) is 5.10 Å². The lowest BCUT2D eigenvalue weighted by Gasteiger charge is -2.19. The molecule has 102 valence electrons. The molecule has 18 heavy (non-hydrogen) atoms. The molecule has 0 amide bonds. The number of aromatic nitrogens is 3. The fraction of sp³-hybridized carbons (Fsp3) is 0.750. The average molecular weight is 254 g/mol. The van der Waals surface area contributed by atoms with Crippen LogP contribution in [0, 0.1) is 11.8 Å². The van der Waals surface area contributed by atoms with Crippen molar-refractivity contribution in [3.8, 4) is 0 Å². The van der Waals surface area contributed by atoms with E-state index in [1.807, 2.05) is 16.6 Å². The number of nitrogens with zero attached hydrogens (tertiary/aromatic N) is 4. The van der Waals surface area contributed by atoms with E-state index in [-0.39, 0.29) is 5.92 Å². The molecule has 0 saturated carbocycles. The molecule has 1 heterocycles. The molecule has 0 fully saturated rings. The molecule has 0 aliphatic carbocycles. The zero-order chi connectivity index (χ0) is 13.7. The summed E-state index contributed by atoms with van der Waals surface area (Å²) in [7, 11) is 1.90. The summed E-state index contributed by atoms with van der Waals surface area (Å²) in [6.07, 6.45) is 1.55. The molecule has 0 radical (unpaired) electrons. The number of carbonyl (C=O) groups is 1. The highest BCUT2D eigenvalue weighted by atomic mass is 16.4. The summed E-state index contributed by atoms with van der Waals surface area (Å²) in [5.41, 5.74) is 0. The molecule has 0 spiro atoms. The molecule has 0 bridgehead atoms. The second-order valence-corrected chi connectivity index (χ2v) is 5.19. The average Bonchev–Trinajstić information content (AvgIpc) is 2.64. The number of carboxylic acids is 1. The van der Waals surface area contributed by atoms with Crippen molar-refractivity contribution in [2.24, 2.45) is 11.8 Å². The number of rotatable bonds is 7. The molecule has 0 saturated heterocycles. The van der Waals surface area contributed by atoms with Gasteiger partial charge >= 0.3 is 5.97 Å². The van der Waals surface area contributed by atoms with E-state index < -0.39 is 5.97 Å². The van der Waals surface area contributed by atoms with Gasteiger partial charge in [-0.1, -0.05) is 20.8 Å². The van der Waals surface area contributed by atoms with E-state index in [1.165, 1.54) is 0 Å². The first-order valence-electron chi connectivity index (χ1n) is 6.18. The fourth-order valence-corrected chi connectivity index (χ4v) is 1.76. The highest BCUT2D eigenvalue weighted by Crippen LogP contribution is 2.06. The van der Waals surface area contributed by atoms with Crippen LogP contribution in [0.5, 0.6) is 0 Å². The summed E-state index contributed by atoms with van der Waals surface area (Å²) in [6, 6.07) is 0. The lowest BCUT2D eigenvalue weighted by molar-refractivity contribution is -0.141. The van der Waals surface area contributed by atoms with Crippen molar-refractivity contribution in [1.82, 2.24) is 19.7 Å². The van der Waals surface area contributed by atoms with Crippen molar-refractivity contribution in [1.29, 1.82) is 0 Å². The van der Waals surface area contributed by atoms with Crippen molar-refractivity contribution in [3.63, 3.8) is 0 Å².